The Labute approximate surface area is 210 Å². The number of amides is 1. The summed E-state index contributed by atoms with van der Waals surface area (Å²) in [5, 5.41) is 4.75. The van der Waals surface area contributed by atoms with E-state index in [1.54, 1.807) is 6.20 Å². The summed E-state index contributed by atoms with van der Waals surface area (Å²) in [5.74, 6) is 2.70. The number of carbonyl (C=O) groups is 1. The first-order chi connectivity index (χ1) is 17.6. The number of ether oxygens (including phenoxy) is 2. The molecule has 1 amide bonds. The molecule has 1 N–H and O–H groups in total. The lowest BCUT2D eigenvalue weighted by Crippen LogP contribution is -2.33. The molecule has 4 aromatic rings. The molecule has 1 aliphatic heterocycles. The van der Waals surface area contributed by atoms with Crippen molar-refractivity contribution in [2.75, 3.05) is 26.2 Å². The van der Waals surface area contributed by atoms with Crippen molar-refractivity contribution in [3.8, 4) is 17.2 Å². The molecule has 2 aliphatic rings. The van der Waals surface area contributed by atoms with E-state index in [2.05, 4.69) is 15.2 Å². The summed E-state index contributed by atoms with van der Waals surface area (Å²) >= 11 is 0. The van der Waals surface area contributed by atoms with Gasteiger partial charge in [-0.25, -0.2) is 0 Å². The van der Waals surface area contributed by atoms with Crippen molar-refractivity contribution in [3.63, 3.8) is 0 Å². The number of fused-ring (bicyclic) bond motifs is 2. The van der Waals surface area contributed by atoms with Gasteiger partial charge in [0.05, 0.1) is 11.1 Å². The lowest BCUT2D eigenvalue weighted by Gasteiger charge is -2.26. The number of likely N-dealkylation sites (tertiary alicyclic amines) is 1. The monoisotopic (exact) mass is 485 g/mol. The van der Waals surface area contributed by atoms with Crippen LogP contribution in [0.4, 0.5) is 0 Å². The number of hydrogen-bond acceptors (Lipinski definition) is 6. The van der Waals surface area contributed by atoms with Crippen LogP contribution in [-0.2, 0) is 0 Å². The molecule has 186 valence electrons. The molecule has 0 bridgehead atoms. The van der Waals surface area contributed by atoms with E-state index < -0.39 is 0 Å². The summed E-state index contributed by atoms with van der Waals surface area (Å²) in [7, 11) is 0. The number of nitrogens with zero attached hydrogens (tertiary/aromatic N) is 2. The Morgan fingerprint density at radius 2 is 1.86 bits per heavy atom. The fourth-order valence-corrected chi connectivity index (χ4v) is 4.91. The molecule has 7 nitrogen and oxygen atoms in total. The Morgan fingerprint density at radius 3 is 2.69 bits per heavy atom. The van der Waals surface area contributed by atoms with Crippen LogP contribution in [0.5, 0.6) is 17.2 Å². The van der Waals surface area contributed by atoms with Crippen LogP contribution in [0.1, 0.15) is 48.2 Å². The minimum atomic E-state index is -0.0727. The molecule has 2 fully saturated rings. The molecule has 1 saturated heterocycles. The molecule has 1 aliphatic carbocycles. The topological polar surface area (TPSA) is 76.8 Å². The van der Waals surface area contributed by atoms with E-state index >= 15 is 0 Å². The zero-order chi connectivity index (χ0) is 24.5. The summed E-state index contributed by atoms with van der Waals surface area (Å²) in [5.41, 5.74) is 2.05. The Bertz CT molecular complexity index is 1400. The molecule has 6 rings (SSSR count). The van der Waals surface area contributed by atoms with Gasteiger partial charge in [0, 0.05) is 41.7 Å². The van der Waals surface area contributed by atoms with Gasteiger partial charge in [-0.2, -0.15) is 0 Å². The highest BCUT2D eigenvalue weighted by atomic mass is 16.5. The number of nitrogens with one attached hydrogen (secondary N) is 1. The molecule has 2 aromatic heterocycles. The molecule has 7 heteroatoms. The Hall–Kier alpha value is -3.58. The normalized spacial score (nSPS) is 16.4. The first kappa shape index (κ1) is 22.9. The van der Waals surface area contributed by atoms with Gasteiger partial charge in [0.15, 0.2) is 0 Å². The summed E-state index contributed by atoms with van der Waals surface area (Å²) in [6.45, 7) is 5.78. The lowest BCUT2D eigenvalue weighted by molar-refractivity contribution is 0.0951. The molecule has 36 heavy (non-hydrogen) atoms. The second-order valence-electron chi connectivity index (χ2n) is 9.78. The van der Waals surface area contributed by atoms with Crippen LogP contribution >= 0.6 is 0 Å². The van der Waals surface area contributed by atoms with Gasteiger partial charge in [-0.1, -0.05) is 6.42 Å². The van der Waals surface area contributed by atoms with Crippen molar-refractivity contribution in [3.05, 3.63) is 60.0 Å². The van der Waals surface area contributed by atoms with Crippen LogP contribution in [0.25, 0.3) is 21.9 Å². The van der Waals surface area contributed by atoms with Crippen molar-refractivity contribution >= 4 is 27.8 Å². The molecule has 2 aromatic carbocycles. The highest BCUT2D eigenvalue weighted by molar-refractivity contribution is 6.07. The van der Waals surface area contributed by atoms with E-state index in [4.69, 9.17) is 13.9 Å². The van der Waals surface area contributed by atoms with Crippen LogP contribution in [0.15, 0.2) is 53.1 Å². The number of rotatable bonds is 8. The third-order valence-corrected chi connectivity index (χ3v) is 7.00. The highest BCUT2D eigenvalue weighted by Crippen LogP contribution is 2.34. The Balaban J connectivity index is 1.17. The number of benzene rings is 2. The maximum absolute atomic E-state index is 12.7. The predicted octanol–water partition coefficient (Wildman–Crippen LogP) is 5.84. The van der Waals surface area contributed by atoms with Crippen molar-refractivity contribution in [2.45, 2.75) is 45.1 Å². The third-order valence-electron chi connectivity index (χ3n) is 7.00. The van der Waals surface area contributed by atoms with Crippen molar-refractivity contribution < 1.29 is 18.7 Å². The van der Waals surface area contributed by atoms with Gasteiger partial charge in [-0.3, -0.25) is 14.7 Å². The molecule has 0 spiro atoms. The molecule has 0 radical (unpaired) electrons. The van der Waals surface area contributed by atoms with Gasteiger partial charge in [-0.05, 0) is 76.0 Å². The van der Waals surface area contributed by atoms with E-state index in [9.17, 15) is 4.79 Å². The largest absolute Gasteiger partial charge is 0.492 e. The van der Waals surface area contributed by atoms with Crippen LogP contribution in [-0.4, -0.2) is 48.1 Å². The smallest absolute Gasteiger partial charge is 0.255 e. The van der Waals surface area contributed by atoms with Crippen LogP contribution in [0.2, 0.25) is 0 Å². The molecular formula is C29H31N3O4. The minimum Gasteiger partial charge on any atom is -0.492 e. The van der Waals surface area contributed by atoms with Gasteiger partial charge in [-0.15, -0.1) is 0 Å². The van der Waals surface area contributed by atoms with Crippen LogP contribution in [0, 0.1) is 6.92 Å². The average molecular weight is 486 g/mol. The second kappa shape index (κ2) is 9.82. The lowest BCUT2D eigenvalue weighted by atomic mass is 10.1. The van der Waals surface area contributed by atoms with Gasteiger partial charge < -0.3 is 19.2 Å². The van der Waals surface area contributed by atoms with Gasteiger partial charge in [0.25, 0.3) is 5.91 Å². The van der Waals surface area contributed by atoms with Gasteiger partial charge in [0.2, 0.25) is 0 Å². The van der Waals surface area contributed by atoms with Crippen LogP contribution in [0.3, 0.4) is 0 Å². The van der Waals surface area contributed by atoms with E-state index in [1.165, 1.54) is 32.4 Å². The van der Waals surface area contributed by atoms with Gasteiger partial charge >= 0.3 is 0 Å². The van der Waals surface area contributed by atoms with Gasteiger partial charge in [0.1, 0.15) is 35.2 Å². The van der Waals surface area contributed by atoms with Crippen LogP contribution < -0.4 is 14.8 Å². The maximum atomic E-state index is 12.7. The quantitative estimate of drug-likeness (QED) is 0.338. The number of furan rings is 1. The zero-order valence-electron chi connectivity index (χ0n) is 20.6. The predicted molar refractivity (Wildman–Crippen MR) is 139 cm³/mol. The minimum absolute atomic E-state index is 0.0727. The second-order valence-corrected chi connectivity index (χ2v) is 9.78. The van der Waals surface area contributed by atoms with E-state index in [0.29, 0.717) is 41.1 Å². The fourth-order valence-electron chi connectivity index (χ4n) is 4.91. The standard InChI is InChI=1S/C29H31N3O4/c1-19-28(29(33)31-20-5-6-20)24-10-8-22(18-27(24)35-19)36-26-11-12-30-25-17-21(7-9-23(25)26)34-16-15-32-13-3-2-4-14-32/h7-12,17-18,20H,2-6,13-16H2,1H3,(H,31,33). The van der Waals surface area contributed by atoms with Crippen molar-refractivity contribution in [2.24, 2.45) is 0 Å². The Morgan fingerprint density at radius 1 is 1.06 bits per heavy atom. The molecule has 0 unspecified atom stereocenters. The number of aromatic nitrogens is 1. The summed E-state index contributed by atoms with van der Waals surface area (Å²) in [6.07, 6.45) is 7.74. The highest BCUT2D eigenvalue weighted by Gasteiger charge is 2.27. The van der Waals surface area contributed by atoms with E-state index in [0.717, 1.165) is 41.4 Å². The fraction of sp³-hybridized carbons (Fsp3) is 0.379. The number of pyridine rings is 1. The Kier molecular flexibility index (Phi) is 6.23. The SMILES string of the molecule is Cc1oc2cc(Oc3ccnc4cc(OCCN5CCCCC5)ccc34)ccc2c1C(=O)NC1CC1. The molecular weight excluding hydrogens is 454 g/mol. The number of aryl methyl sites for hydroxylation is 1. The van der Waals surface area contributed by atoms with E-state index in [-0.39, 0.29) is 5.91 Å². The zero-order valence-corrected chi connectivity index (χ0v) is 20.6. The maximum Gasteiger partial charge on any atom is 0.255 e. The summed E-state index contributed by atoms with van der Waals surface area (Å²) in [6, 6.07) is 13.7. The number of hydrogen-bond donors (Lipinski definition) is 1. The molecule has 0 atom stereocenters. The third kappa shape index (κ3) is 4.88. The van der Waals surface area contributed by atoms with Crippen molar-refractivity contribution in [1.29, 1.82) is 0 Å². The summed E-state index contributed by atoms with van der Waals surface area (Å²) in [4.78, 5) is 19.7. The number of carbonyl (C=O) groups excluding carboxylic acids is 1. The molecule has 3 heterocycles. The van der Waals surface area contributed by atoms with Crippen molar-refractivity contribution in [1.82, 2.24) is 15.2 Å². The average Bonchev–Trinajstić information content (AvgIpc) is 3.63. The molecule has 1 saturated carbocycles. The van der Waals surface area contributed by atoms with E-state index in [1.807, 2.05) is 49.4 Å². The first-order valence-corrected chi connectivity index (χ1v) is 12.9. The summed E-state index contributed by atoms with van der Waals surface area (Å²) < 4.78 is 18.2. The first-order valence-electron chi connectivity index (χ1n) is 12.9. The number of piperidine rings is 1.